The minimum absolute atomic E-state index is 0.692. The van der Waals surface area contributed by atoms with Crippen molar-refractivity contribution in [2.45, 2.75) is 0 Å². The molecular formula is C48H34N6. The first-order valence-electron chi connectivity index (χ1n) is 18.1. The second-order valence-electron chi connectivity index (χ2n) is 13.4. The Morgan fingerprint density at radius 1 is 0.444 bits per heavy atom. The van der Waals surface area contributed by atoms with Crippen molar-refractivity contribution in [3.63, 3.8) is 0 Å². The van der Waals surface area contributed by atoms with Gasteiger partial charge in [0.2, 0.25) is 0 Å². The molecule has 256 valence electrons. The Morgan fingerprint density at radius 2 is 1.11 bits per heavy atom. The summed E-state index contributed by atoms with van der Waals surface area (Å²) >= 11 is 0. The van der Waals surface area contributed by atoms with E-state index in [1.807, 2.05) is 24.5 Å². The van der Waals surface area contributed by atoms with Crippen LogP contribution in [0.15, 0.2) is 195 Å². The van der Waals surface area contributed by atoms with E-state index in [1.165, 1.54) is 22.1 Å². The molecule has 0 saturated heterocycles. The van der Waals surface area contributed by atoms with Gasteiger partial charge in [-0.3, -0.25) is 14.5 Å². The molecule has 0 spiro atoms. The summed E-state index contributed by atoms with van der Waals surface area (Å²) < 4.78 is 2.27. The van der Waals surface area contributed by atoms with E-state index in [0.29, 0.717) is 6.67 Å². The summed E-state index contributed by atoms with van der Waals surface area (Å²) in [6, 6.07) is 60.1. The number of para-hydroxylation sites is 4. The van der Waals surface area contributed by atoms with Gasteiger partial charge in [0.15, 0.2) is 0 Å². The highest BCUT2D eigenvalue weighted by Gasteiger charge is 2.28. The van der Waals surface area contributed by atoms with Gasteiger partial charge in [0.25, 0.3) is 0 Å². The fraction of sp³-hybridized carbons (Fsp3) is 0.0208. The number of nitrogens with zero attached hydrogens (tertiary/aromatic N) is 6. The van der Waals surface area contributed by atoms with E-state index < -0.39 is 0 Å². The lowest BCUT2D eigenvalue weighted by Crippen LogP contribution is -2.23. The number of aromatic nitrogens is 4. The molecule has 0 N–H and O–H groups in total. The predicted molar refractivity (Wildman–Crippen MR) is 221 cm³/mol. The zero-order valence-electron chi connectivity index (χ0n) is 29.4. The molecule has 9 aromatic rings. The van der Waals surface area contributed by atoms with Crippen molar-refractivity contribution in [1.82, 2.24) is 19.5 Å². The Bertz CT molecular complexity index is 2750. The first-order valence-corrected chi connectivity index (χ1v) is 18.1. The molecule has 54 heavy (non-hydrogen) atoms. The van der Waals surface area contributed by atoms with Crippen LogP contribution in [0.3, 0.4) is 0 Å². The zero-order valence-corrected chi connectivity index (χ0v) is 29.4. The van der Waals surface area contributed by atoms with Gasteiger partial charge < -0.3 is 9.80 Å². The molecule has 0 atom stereocenters. The monoisotopic (exact) mass is 694 g/mol. The van der Waals surface area contributed by atoms with Crippen molar-refractivity contribution in [2.75, 3.05) is 16.5 Å². The highest BCUT2D eigenvalue weighted by atomic mass is 15.4. The molecule has 0 aliphatic carbocycles. The second kappa shape index (κ2) is 13.3. The molecule has 0 amide bonds. The van der Waals surface area contributed by atoms with Crippen molar-refractivity contribution < 1.29 is 0 Å². The van der Waals surface area contributed by atoms with Crippen molar-refractivity contribution in [3.05, 3.63) is 217 Å². The molecule has 0 unspecified atom stereocenters. The van der Waals surface area contributed by atoms with Gasteiger partial charge in [-0.1, -0.05) is 109 Å². The van der Waals surface area contributed by atoms with Crippen molar-refractivity contribution in [3.8, 4) is 5.82 Å². The van der Waals surface area contributed by atoms with Gasteiger partial charge in [-0.2, -0.15) is 0 Å². The number of hydrogen-bond donors (Lipinski definition) is 0. The van der Waals surface area contributed by atoms with Crippen LogP contribution in [0.1, 0.15) is 22.4 Å². The molecule has 0 radical (unpaired) electrons. The largest absolute Gasteiger partial charge is 0.321 e. The summed E-state index contributed by atoms with van der Waals surface area (Å²) in [7, 11) is 0. The SMILES string of the molecule is c1ccc(/C(=C(\c2cccc(N3CN(c4ccccc4)c4ccccc43)c2)c2ccc3c4ccccc4n(-c4ccccn4)c3c2)c2cnccn2)cc1. The van der Waals surface area contributed by atoms with E-state index >= 15 is 0 Å². The van der Waals surface area contributed by atoms with Gasteiger partial charge in [0.1, 0.15) is 12.5 Å². The summed E-state index contributed by atoms with van der Waals surface area (Å²) in [5.41, 5.74) is 12.9. The Labute approximate surface area is 313 Å². The van der Waals surface area contributed by atoms with Gasteiger partial charge in [-0.15, -0.1) is 0 Å². The lowest BCUT2D eigenvalue weighted by molar-refractivity contribution is 0.991. The maximum absolute atomic E-state index is 4.91. The van der Waals surface area contributed by atoms with E-state index in [4.69, 9.17) is 9.97 Å². The Balaban J connectivity index is 1.22. The fourth-order valence-corrected chi connectivity index (χ4v) is 7.86. The first kappa shape index (κ1) is 31.4. The molecule has 6 nitrogen and oxygen atoms in total. The lowest BCUT2D eigenvalue weighted by Gasteiger charge is -2.23. The average molecular weight is 695 g/mol. The van der Waals surface area contributed by atoms with E-state index in [2.05, 4.69) is 177 Å². The Hall–Kier alpha value is -7.31. The maximum atomic E-state index is 4.91. The van der Waals surface area contributed by atoms with Gasteiger partial charge in [0, 0.05) is 46.3 Å². The molecule has 0 bridgehead atoms. The number of fused-ring (bicyclic) bond motifs is 4. The van der Waals surface area contributed by atoms with Crippen LogP contribution in [0.4, 0.5) is 22.7 Å². The van der Waals surface area contributed by atoms with E-state index in [1.54, 1.807) is 12.4 Å². The van der Waals surface area contributed by atoms with Crippen LogP contribution in [0.5, 0.6) is 0 Å². The van der Waals surface area contributed by atoms with E-state index in [9.17, 15) is 0 Å². The molecular weight excluding hydrogens is 661 g/mol. The summed E-state index contributed by atoms with van der Waals surface area (Å²) in [6.07, 6.45) is 7.22. The normalized spacial score (nSPS) is 13.0. The standard InChI is InChI=1S/C48H34N6/c1-3-14-34(15-4-1)48(41-32-49-28-29-50-41)47(36-25-26-40-39-20-7-8-21-42(39)54(45(40)31-36)46-24-11-12-27-51-46)35-16-13-19-38(30-35)53-33-52(37-17-5-2-6-18-37)43-22-9-10-23-44(43)53/h1-32H,33H2/b48-47-. The van der Waals surface area contributed by atoms with Gasteiger partial charge >= 0.3 is 0 Å². The molecule has 3 aromatic heterocycles. The number of benzene rings is 6. The minimum Gasteiger partial charge on any atom is -0.321 e. The van der Waals surface area contributed by atoms with Crippen LogP contribution in [-0.4, -0.2) is 26.2 Å². The van der Waals surface area contributed by atoms with Gasteiger partial charge in [-0.25, -0.2) is 4.98 Å². The maximum Gasteiger partial charge on any atom is 0.137 e. The van der Waals surface area contributed by atoms with Crippen LogP contribution >= 0.6 is 0 Å². The van der Waals surface area contributed by atoms with E-state index in [0.717, 1.165) is 61.8 Å². The third-order valence-electron chi connectivity index (χ3n) is 10.2. The number of rotatable bonds is 7. The Kier molecular flexibility index (Phi) is 7.77. The summed E-state index contributed by atoms with van der Waals surface area (Å²) in [6.45, 7) is 0.692. The quantitative estimate of drug-likeness (QED) is 0.155. The number of pyridine rings is 1. The van der Waals surface area contributed by atoms with Crippen LogP contribution in [-0.2, 0) is 0 Å². The molecule has 6 heteroatoms. The van der Waals surface area contributed by atoms with Crippen molar-refractivity contribution >= 4 is 55.7 Å². The van der Waals surface area contributed by atoms with Crippen LogP contribution in [0, 0.1) is 0 Å². The smallest absolute Gasteiger partial charge is 0.137 e. The van der Waals surface area contributed by atoms with Crippen molar-refractivity contribution in [2.24, 2.45) is 0 Å². The lowest BCUT2D eigenvalue weighted by atomic mass is 9.87. The fourth-order valence-electron chi connectivity index (χ4n) is 7.86. The van der Waals surface area contributed by atoms with Crippen LogP contribution in [0.2, 0.25) is 0 Å². The molecule has 0 saturated carbocycles. The predicted octanol–water partition coefficient (Wildman–Crippen LogP) is 11.2. The second-order valence-corrected chi connectivity index (χ2v) is 13.4. The van der Waals surface area contributed by atoms with E-state index in [-0.39, 0.29) is 0 Å². The van der Waals surface area contributed by atoms with Crippen LogP contribution < -0.4 is 9.80 Å². The van der Waals surface area contributed by atoms with Crippen LogP contribution in [0.25, 0.3) is 38.8 Å². The summed E-state index contributed by atoms with van der Waals surface area (Å²) in [5.74, 6) is 0.876. The molecule has 6 aromatic carbocycles. The third kappa shape index (κ3) is 5.40. The molecule has 1 aliphatic rings. The highest BCUT2D eigenvalue weighted by Crippen LogP contribution is 2.46. The topological polar surface area (TPSA) is 50.1 Å². The molecule has 1 aliphatic heterocycles. The summed E-state index contributed by atoms with van der Waals surface area (Å²) in [5, 5.41) is 2.36. The minimum atomic E-state index is 0.692. The first-order chi connectivity index (χ1) is 26.8. The molecule has 4 heterocycles. The highest BCUT2D eigenvalue weighted by molar-refractivity contribution is 6.12. The van der Waals surface area contributed by atoms with Gasteiger partial charge in [0.05, 0.1) is 34.3 Å². The van der Waals surface area contributed by atoms with Crippen molar-refractivity contribution in [1.29, 1.82) is 0 Å². The number of hydrogen-bond acceptors (Lipinski definition) is 5. The Morgan fingerprint density at radius 3 is 1.89 bits per heavy atom. The summed E-state index contributed by atoms with van der Waals surface area (Å²) in [4.78, 5) is 19.0. The zero-order chi connectivity index (χ0) is 35.8. The third-order valence-corrected chi connectivity index (χ3v) is 10.2. The molecule has 10 rings (SSSR count). The number of anilines is 4. The average Bonchev–Trinajstić information content (AvgIpc) is 3.80. The molecule has 0 fully saturated rings. The van der Waals surface area contributed by atoms with Gasteiger partial charge in [-0.05, 0) is 82.9 Å².